The number of piperidine rings is 1. The molecule has 0 radical (unpaired) electrons. The van der Waals surface area contributed by atoms with Gasteiger partial charge < -0.3 is 15.4 Å². The summed E-state index contributed by atoms with van der Waals surface area (Å²) >= 11 is 0. The molecule has 2 N–H and O–H groups in total. The van der Waals surface area contributed by atoms with Gasteiger partial charge in [0.2, 0.25) is 0 Å². The van der Waals surface area contributed by atoms with Crippen LogP contribution in [0.1, 0.15) is 26.2 Å². The summed E-state index contributed by atoms with van der Waals surface area (Å²) in [6.45, 7) is 7.21. The van der Waals surface area contributed by atoms with E-state index in [1.807, 2.05) is 0 Å². The van der Waals surface area contributed by atoms with Crippen LogP contribution in [0.25, 0.3) is 0 Å². The van der Waals surface area contributed by atoms with Crippen LogP contribution < -0.4 is 5.73 Å². The van der Waals surface area contributed by atoms with E-state index >= 15 is 0 Å². The smallest absolute Gasteiger partial charge is 0.0513 e. The quantitative estimate of drug-likeness (QED) is 0.805. The Kier molecular flexibility index (Phi) is 4.64. The zero-order valence-electron chi connectivity index (χ0n) is 12.2. The Balaban J connectivity index is 2.06. The van der Waals surface area contributed by atoms with Gasteiger partial charge in [-0.1, -0.05) is 0 Å². The highest BCUT2D eigenvalue weighted by Gasteiger charge is 2.42. The Morgan fingerprint density at radius 3 is 2.72 bits per heavy atom. The standard InChI is InChI=1S/C14H29N3O/c1-14(11-15,12-6-8-18-10-12)17-7-4-5-13(9-17)16(2)3/h12-13H,4-11,15H2,1-3H3. The summed E-state index contributed by atoms with van der Waals surface area (Å²) in [4.78, 5) is 4.98. The van der Waals surface area contributed by atoms with Crippen molar-refractivity contribution < 1.29 is 4.74 Å². The second-order valence-electron chi connectivity index (χ2n) is 6.33. The van der Waals surface area contributed by atoms with Crippen molar-refractivity contribution >= 4 is 0 Å². The van der Waals surface area contributed by atoms with Gasteiger partial charge in [-0.25, -0.2) is 0 Å². The molecule has 3 unspecified atom stereocenters. The Bertz CT molecular complexity index is 266. The molecule has 2 aliphatic rings. The average Bonchev–Trinajstić information content (AvgIpc) is 2.92. The van der Waals surface area contributed by atoms with Crippen LogP contribution in [0.2, 0.25) is 0 Å². The van der Waals surface area contributed by atoms with Crippen LogP contribution in [0, 0.1) is 5.92 Å². The predicted octanol–water partition coefficient (Wildman–Crippen LogP) is 0.766. The summed E-state index contributed by atoms with van der Waals surface area (Å²) in [5, 5.41) is 0. The maximum absolute atomic E-state index is 6.13. The largest absolute Gasteiger partial charge is 0.381 e. The number of nitrogens with two attached hydrogens (primary N) is 1. The minimum Gasteiger partial charge on any atom is -0.381 e. The van der Waals surface area contributed by atoms with Crippen molar-refractivity contribution in [2.45, 2.75) is 37.8 Å². The van der Waals surface area contributed by atoms with Gasteiger partial charge in [-0.05, 0) is 46.8 Å². The monoisotopic (exact) mass is 255 g/mol. The molecule has 0 saturated carbocycles. The molecule has 0 amide bonds. The van der Waals surface area contributed by atoms with E-state index in [2.05, 4.69) is 30.8 Å². The van der Waals surface area contributed by atoms with E-state index in [0.717, 1.165) is 32.7 Å². The molecule has 0 aliphatic carbocycles. The van der Waals surface area contributed by atoms with Crippen molar-refractivity contribution in [2.75, 3.05) is 46.9 Å². The van der Waals surface area contributed by atoms with Crippen molar-refractivity contribution in [1.82, 2.24) is 9.80 Å². The van der Waals surface area contributed by atoms with E-state index in [9.17, 15) is 0 Å². The lowest BCUT2D eigenvalue weighted by Crippen LogP contribution is -2.61. The third-order valence-electron chi connectivity index (χ3n) is 5.07. The minimum absolute atomic E-state index is 0.116. The summed E-state index contributed by atoms with van der Waals surface area (Å²) in [6.07, 6.45) is 3.76. The van der Waals surface area contributed by atoms with Crippen LogP contribution in [0.5, 0.6) is 0 Å². The van der Waals surface area contributed by atoms with Crippen molar-refractivity contribution in [3.63, 3.8) is 0 Å². The fourth-order valence-electron chi connectivity index (χ4n) is 3.42. The number of hydrogen-bond acceptors (Lipinski definition) is 4. The molecule has 0 aromatic heterocycles. The van der Waals surface area contributed by atoms with Gasteiger partial charge in [-0.15, -0.1) is 0 Å². The van der Waals surface area contributed by atoms with Crippen LogP contribution in [-0.4, -0.2) is 68.3 Å². The molecule has 2 aliphatic heterocycles. The zero-order chi connectivity index (χ0) is 13.2. The van der Waals surface area contributed by atoms with Gasteiger partial charge >= 0.3 is 0 Å². The first-order valence-corrected chi connectivity index (χ1v) is 7.27. The first kappa shape index (κ1) is 14.3. The van der Waals surface area contributed by atoms with Gasteiger partial charge in [0.1, 0.15) is 0 Å². The highest BCUT2D eigenvalue weighted by molar-refractivity contribution is 4.98. The molecule has 2 heterocycles. The zero-order valence-corrected chi connectivity index (χ0v) is 12.2. The van der Waals surface area contributed by atoms with Gasteiger partial charge in [0, 0.05) is 37.2 Å². The number of hydrogen-bond donors (Lipinski definition) is 1. The Morgan fingerprint density at radius 1 is 1.39 bits per heavy atom. The summed E-state index contributed by atoms with van der Waals surface area (Å²) in [7, 11) is 4.37. The van der Waals surface area contributed by atoms with Crippen molar-refractivity contribution in [3.05, 3.63) is 0 Å². The van der Waals surface area contributed by atoms with Crippen molar-refractivity contribution in [3.8, 4) is 0 Å². The first-order valence-electron chi connectivity index (χ1n) is 7.27. The minimum atomic E-state index is 0.116. The van der Waals surface area contributed by atoms with E-state index in [1.54, 1.807) is 0 Å². The molecule has 0 aromatic carbocycles. The number of likely N-dealkylation sites (tertiary alicyclic amines) is 1. The van der Waals surface area contributed by atoms with Gasteiger partial charge in [-0.2, -0.15) is 0 Å². The maximum atomic E-state index is 6.13. The molecule has 2 fully saturated rings. The molecule has 3 atom stereocenters. The molecule has 4 nitrogen and oxygen atoms in total. The normalized spacial score (nSPS) is 33.8. The Morgan fingerprint density at radius 2 is 2.17 bits per heavy atom. The lowest BCUT2D eigenvalue weighted by Gasteiger charge is -2.49. The van der Waals surface area contributed by atoms with Gasteiger partial charge in [0.15, 0.2) is 0 Å². The fourth-order valence-corrected chi connectivity index (χ4v) is 3.42. The number of ether oxygens (including phenoxy) is 1. The molecule has 2 saturated heterocycles. The number of nitrogens with zero attached hydrogens (tertiary/aromatic N) is 2. The first-order chi connectivity index (χ1) is 8.58. The number of rotatable bonds is 4. The van der Waals surface area contributed by atoms with E-state index in [-0.39, 0.29) is 5.54 Å². The van der Waals surface area contributed by atoms with Crippen molar-refractivity contribution in [1.29, 1.82) is 0 Å². The van der Waals surface area contributed by atoms with Gasteiger partial charge in [0.05, 0.1) is 6.61 Å². The predicted molar refractivity (Wildman–Crippen MR) is 74.7 cm³/mol. The second-order valence-corrected chi connectivity index (χ2v) is 6.33. The molecule has 0 spiro atoms. The van der Waals surface area contributed by atoms with Crippen LogP contribution in [-0.2, 0) is 4.74 Å². The van der Waals surface area contributed by atoms with E-state index in [4.69, 9.17) is 10.5 Å². The summed E-state index contributed by atoms with van der Waals surface area (Å²) in [6, 6.07) is 0.673. The molecule has 2 rings (SSSR count). The van der Waals surface area contributed by atoms with Gasteiger partial charge in [-0.3, -0.25) is 4.90 Å². The summed E-state index contributed by atoms with van der Waals surface area (Å²) in [5.74, 6) is 0.600. The van der Waals surface area contributed by atoms with Crippen LogP contribution in [0.3, 0.4) is 0 Å². The Hall–Kier alpha value is -0.160. The van der Waals surface area contributed by atoms with E-state index in [1.165, 1.54) is 19.4 Å². The fraction of sp³-hybridized carbons (Fsp3) is 1.00. The van der Waals surface area contributed by atoms with E-state index in [0.29, 0.717) is 12.0 Å². The van der Waals surface area contributed by atoms with E-state index < -0.39 is 0 Å². The topological polar surface area (TPSA) is 41.7 Å². The highest BCUT2D eigenvalue weighted by atomic mass is 16.5. The lowest BCUT2D eigenvalue weighted by atomic mass is 9.81. The molecule has 106 valence electrons. The molecule has 0 aromatic rings. The molecule has 0 bridgehead atoms. The van der Waals surface area contributed by atoms with Crippen molar-refractivity contribution in [2.24, 2.45) is 11.7 Å². The maximum Gasteiger partial charge on any atom is 0.0513 e. The molecule has 4 heteroatoms. The third kappa shape index (κ3) is 2.72. The second kappa shape index (κ2) is 5.87. The summed E-state index contributed by atoms with van der Waals surface area (Å²) < 4.78 is 5.58. The van der Waals surface area contributed by atoms with Crippen LogP contribution >= 0.6 is 0 Å². The number of likely N-dealkylation sites (N-methyl/N-ethyl adjacent to an activating group) is 1. The van der Waals surface area contributed by atoms with Crippen LogP contribution in [0.15, 0.2) is 0 Å². The summed E-state index contributed by atoms with van der Waals surface area (Å²) in [5.41, 5.74) is 6.24. The Labute approximate surface area is 111 Å². The molecular weight excluding hydrogens is 226 g/mol. The lowest BCUT2D eigenvalue weighted by molar-refractivity contribution is 0.00517. The SMILES string of the molecule is CN(C)C1CCCN(C(C)(CN)C2CCOC2)C1. The molecule has 18 heavy (non-hydrogen) atoms. The average molecular weight is 255 g/mol. The highest BCUT2D eigenvalue weighted by Crippen LogP contribution is 2.33. The third-order valence-corrected chi connectivity index (χ3v) is 5.07. The van der Waals surface area contributed by atoms with Gasteiger partial charge in [0.25, 0.3) is 0 Å². The molecular formula is C14H29N3O. The van der Waals surface area contributed by atoms with Crippen LogP contribution in [0.4, 0.5) is 0 Å².